The predicted molar refractivity (Wildman–Crippen MR) is 80.8 cm³/mol. The van der Waals surface area contributed by atoms with Crippen LogP contribution in [0.5, 0.6) is 11.5 Å². The second-order valence-electron chi connectivity index (χ2n) is 4.48. The lowest BCUT2D eigenvalue weighted by Gasteiger charge is -2.07. The Morgan fingerprint density at radius 3 is 2.48 bits per heavy atom. The van der Waals surface area contributed by atoms with Crippen LogP contribution in [-0.2, 0) is 0 Å². The summed E-state index contributed by atoms with van der Waals surface area (Å²) in [7, 11) is 0. The molecule has 0 unspecified atom stereocenters. The number of ether oxygens (including phenoxy) is 1. The molecular formula is C16H13N3O2. The van der Waals surface area contributed by atoms with E-state index in [1.54, 1.807) is 12.1 Å². The molecule has 0 radical (unpaired) electrons. The molecule has 3 aromatic rings. The highest BCUT2D eigenvalue weighted by molar-refractivity contribution is 5.95. The van der Waals surface area contributed by atoms with Gasteiger partial charge in [-0.25, -0.2) is 4.98 Å². The summed E-state index contributed by atoms with van der Waals surface area (Å²) in [6.07, 6.45) is 1.53. The molecule has 0 amide bonds. The van der Waals surface area contributed by atoms with Crippen molar-refractivity contribution in [3.05, 3.63) is 66.5 Å². The van der Waals surface area contributed by atoms with E-state index < -0.39 is 0 Å². The molecule has 3 N–H and O–H groups in total. The van der Waals surface area contributed by atoms with Crippen molar-refractivity contribution in [3.63, 3.8) is 0 Å². The summed E-state index contributed by atoms with van der Waals surface area (Å²) < 4.78 is 5.75. The summed E-state index contributed by atoms with van der Waals surface area (Å²) in [5.41, 5.74) is 5.85. The fourth-order valence-electron chi connectivity index (χ4n) is 2.01. The van der Waals surface area contributed by atoms with E-state index in [1.165, 1.54) is 6.20 Å². The summed E-state index contributed by atoms with van der Waals surface area (Å²) in [6.45, 7) is 0. The van der Waals surface area contributed by atoms with Crippen LogP contribution in [0.15, 0.2) is 65.9 Å². The number of benzene rings is 2. The monoisotopic (exact) mass is 279 g/mol. The molecule has 5 heteroatoms. The molecule has 5 nitrogen and oxygen atoms in total. The smallest absolute Gasteiger partial charge is 0.188 e. The molecule has 1 heterocycles. The lowest BCUT2D eigenvalue weighted by Crippen LogP contribution is -2.14. The molecule has 1 aromatic heterocycles. The minimum Gasteiger partial charge on any atom is -0.456 e. The number of oxime groups is 1. The molecule has 0 aliphatic carbocycles. The maximum absolute atomic E-state index is 8.59. The highest BCUT2D eigenvalue weighted by Crippen LogP contribution is 2.25. The Bertz CT molecular complexity index is 798. The quantitative estimate of drug-likeness (QED) is 0.334. The van der Waals surface area contributed by atoms with Crippen LogP contribution in [0, 0.1) is 0 Å². The lowest BCUT2D eigenvalue weighted by atomic mass is 10.1. The third-order valence-corrected chi connectivity index (χ3v) is 3.06. The lowest BCUT2D eigenvalue weighted by molar-refractivity contribution is 0.318. The topological polar surface area (TPSA) is 80.7 Å². The number of aromatic nitrogens is 1. The second kappa shape index (κ2) is 5.50. The molecule has 3 rings (SSSR count). The molecule has 21 heavy (non-hydrogen) atoms. The van der Waals surface area contributed by atoms with Crippen LogP contribution in [0.3, 0.4) is 0 Å². The summed E-state index contributed by atoms with van der Waals surface area (Å²) >= 11 is 0. The van der Waals surface area contributed by atoms with Crippen molar-refractivity contribution in [2.75, 3.05) is 0 Å². The summed E-state index contributed by atoms with van der Waals surface area (Å²) in [4.78, 5) is 4.07. The highest BCUT2D eigenvalue weighted by atomic mass is 16.5. The number of amidine groups is 1. The first-order valence-corrected chi connectivity index (χ1v) is 6.37. The SMILES string of the molecule is N/C(=N/O)c1ccc(Oc2ccc3ccccc3c2)cn1. The van der Waals surface area contributed by atoms with E-state index in [9.17, 15) is 0 Å². The molecule has 0 atom stereocenters. The average molecular weight is 279 g/mol. The Labute approximate surface area is 121 Å². The van der Waals surface area contributed by atoms with Gasteiger partial charge in [0.1, 0.15) is 17.2 Å². The van der Waals surface area contributed by atoms with Gasteiger partial charge in [-0.1, -0.05) is 35.5 Å². The van der Waals surface area contributed by atoms with E-state index in [4.69, 9.17) is 15.7 Å². The van der Waals surface area contributed by atoms with Gasteiger partial charge in [0.2, 0.25) is 0 Å². The van der Waals surface area contributed by atoms with Crippen molar-refractivity contribution in [3.8, 4) is 11.5 Å². The third-order valence-electron chi connectivity index (χ3n) is 3.06. The summed E-state index contributed by atoms with van der Waals surface area (Å²) in [5.74, 6) is 1.28. The summed E-state index contributed by atoms with van der Waals surface area (Å²) in [5, 5.41) is 13.7. The van der Waals surface area contributed by atoms with E-state index in [-0.39, 0.29) is 5.84 Å². The maximum Gasteiger partial charge on any atom is 0.188 e. The van der Waals surface area contributed by atoms with Crippen molar-refractivity contribution < 1.29 is 9.94 Å². The zero-order chi connectivity index (χ0) is 14.7. The molecule has 0 fully saturated rings. The van der Waals surface area contributed by atoms with E-state index in [0.717, 1.165) is 16.5 Å². The Balaban J connectivity index is 1.84. The molecule has 0 saturated carbocycles. The number of fused-ring (bicyclic) bond motifs is 1. The molecule has 0 spiro atoms. The van der Waals surface area contributed by atoms with Gasteiger partial charge in [-0.05, 0) is 35.0 Å². The Kier molecular flexibility index (Phi) is 3.39. The minimum atomic E-state index is -0.0349. The first kappa shape index (κ1) is 12.9. The first-order chi connectivity index (χ1) is 10.3. The van der Waals surface area contributed by atoms with Crippen LogP contribution in [-0.4, -0.2) is 16.0 Å². The first-order valence-electron chi connectivity index (χ1n) is 6.37. The normalized spacial score (nSPS) is 11.5. The van der Waals surface area contributed by atoms with Crippen molar-refractivity contribution in [1.82, 2.24) is 4.98 Å². The molecule has 0 bridgehead atoms. The standard InChI is InChI=1S/C16H13N3O2/c17-16(19-20)15-8-7-14(10-18-15)21-13-6-5-11-3-1-2-4-12(11)9-13/h1-10,20H,(H2,17,19). The minimum absolute atomic E-state index is 0.0349. The maximum atomic E-state index is 8.59. The van der Waals surface area contributed by atoms with Crippen LogP contribution in [0.1, 0.15) is 5.69 Å². The zero-order valence-electron chi connectivity index (χ0n) is 11.1. The van der Waals surface area contributed by atoms with Crippen molar-refractivity contribution in [1.29, 1.82) is 0 Å². The molecule has 104 valence electrons. The van der Waals surface area contributed by atoms with Gasteiger partial charge in [-0.2, -0.15) is 0 Å². The molecular weight excluding hydrogens is 266 g/mol. The van der Waals surface area contributed by atoms with Gasteiger partial charge in [0.25, 0.3) is 0 Å². The zero-order valence-corrected chi connectivity index (χ0v) is 11.1. The van der Waals surface area contributed by atoms with Gasteiger partial charge >= 0.3 is 0 Å². The molecule has 2 aromatic carbocycles. The highest BCUT2D eigenvalue weighted by Gasteiger charge is 2.03. The van der Waals surface area contributed by atoms with Crippen LogP contribution in [0.2, 0.25) is 0 Å². The van der Waals surface area contributed by atoms with Gasteiger partial charge < -0.3 is 15.7 Å². The largest absolute Gasteiger partial charge is 0.456 e. The van der Waals surface area contributed by atoms with Crippen molar-refractivity contribution in [2.24, 2.45) is 10.9 Å². The number of nitrogens with two attached hydrogens (primary N) is 1. The number of hydrogen-bond donors (Lipinski definition) is 2. The van der Waals surface area contributed by atoms with Gasteiger partial charge in [0.05, 0.1) is 6.20 Å². The van der Waals surface area contributed by atoms with E-state index in [0.29, 0.717) is 11.4 Å². The Morgan fingerprint density at radius 1 is 1.00 bits per heavy atom. The van der Waals surface area contributed by atoms with Crippen LogP contribution >= 0.6 is 0 Å². The fourth-order valence-corrected chi connectivity index (χ4v) is 2.01. The molecule has 0 aliphatic rings. The Morgan fingerprint density at radius 2 is 1.76 bits per heavy atom. The van der Waals surface area contributed by atoms with E-state index >= 15 is 0 Å². The van der Waals surface area contributed by atoms with Gasteiger partial charge in [0.15, 0.2) is 5.84 Å². The van der Waals surface area contributed by atoms with Crippen LogP contribution in [0.4, 0.5) is 0 Å². The molecule has 0 aliphatic heterocycles. The van der Waals surface area contributed by atoms with Crippen molar-refractivity contribution in [2.45, 2.75) is 0 Å². The van der Waals surface area contributed by atoms with Gasteiger partial charge in [-0.15, -0.1) is 0 Å². The summed E-state index contributed by atoms with van der Waals surface area (Å²) in [6, 6.07) is 17.3. The second-order valence-corrected chi connectivity index (χ2v) is 4.48. The third kappa shape index (κ3) is 2.76. The van der Waals surface area contributed by atoms with Crippen LogP contribution < -0.4 is 10.5 Å². The van der Waals surface area contributed by atoms with E-state index in [2.05, 4.69) is 10.1 Å². The number of hydrogen-bond acceptors (Lipinski definition) is 4. The number of nitrogens with zero attached hydrogens (tertiary/aromatic N) is 2. The van der Waals surface area contributed by atoms with Crippen LogP contribution in [0.25, 0.3) is 10.8 Å². The average Bonchev–Trinajstić information content (AvgIpc) is 2.55. The van der Waals surface area contributed by atoms with Gasteiger partial charge in [-0.3, -0.25) is 0 Å². The predicted octanol–water partition coefficient (Wildman–Crippen LogP) is 3.12. The van der Waals surface area contributed by atoms with E-state index in [1.807, 2.05) is 42.5 Å². The Hall–Kier alpha value is -3.08. The number of pyridine rings is 1. The fraction of sp³-hybridized carbons (Fsp3) is 0. The molecule has 0 saturated heterocycles. The van der Waals surface area contributed by atoms with Gasteiger partial charge in [0, 0.05) is 0 Å². The van der Waals surface area contributed by atoms with Crippen molar-refractivity contribution >= 4 is 16.6 Å². The number of rotatable bonds is 3.